The number of anilines is 1. The van der Waals surface area contributed by atoms with Crippen LogP contribution in [0.15, 0.2) is 77.4 Å². The van der Waals surface area contributed by atoms with Gasteiger partial charge < -0.3 is 14.2 Å². The van der Waals surface area contributed by atoms with Crippen LogP contribution >= 0.6 is 11.3 Å². The first-order valence-corrected chi connectivity index (χ1v) is 17.1. The standard InChI is InChI=1S/C26H30FN3O5S2.C5H5N.CHF3/c1-33-19-7-6-18(23(14-19)34-2)17-30(26-28-9-13-36-26)37(31,32)25-16-24-20(15-21(25)27)22(8-12-35-24)29-10-4-3-5-11-29;1-2-4-6-5-3-1;2-1(3)4/h6-7,9,13-16,22H,3-5,8,10-12,17H2,1-2H3;1-5H;1H/t22-;;/m1../s1. The van der Waals surface area contributed by atoms with Crippen molar-refractivity contribution >= 4 is 26.5 Å². The van der Waals surface area contributed by atoms with Crippen LogP contribution in [-0.2, 0) is 16.6 Å². The second-order valence-corrected chi connectivity index (χ2v) is 13.0. The number of thiazole rings is 1. The van der Waals surface area contributed by atoms with Gasteiger partial charge in [0.2, 0.25) is 0 Å². The van der Waals surface area contributed by atoms with E-state index in [0.717, 1.165) is 48.0 Å². The van der Waals surface area contributed by atoms with E-state index in [4.69, 9.17) is 14.2 Å². The van der Waals surface area contributed by atoms with Gasteiger partial charge in [-0.2, -0.15) is 13.2 Å². The zero-order chi connectivity index (χ0) is 33.8. The van der Waals surface area contributed by atoms with Gasteiger partial charge >= 0.3 is 6.68 Å². The summed E-state index contributed by atoms with van der Waals surface area (Å²) >= 11 is 1.16. The fourth-order valence-electron chi connectivity index (χ4n) is 5.34. The van der Waals surface area contributed by atoms with Crippen LogP contribution < -0.4 is 18.5 Å². The van der Waals surface area contributed by atoms with Crippen LogP contribution in [0.2, 0.25) is 0 Å². The van der Waals surface area contributed by atoms with Crippen LogP contribution in [0.5, 0.6) is 17.2 Å². The van der Waals surface area contributed by atoms with Gasteiger partial charge in [-0.05, 0) is 56.3 Å². The maximum absolute atomic E-state index is 15.7. The van der Waals surface area contributed by atoms with Gasteiger partial charge in [0.25, 0.3) is 10.0 Å². The molecule has 6 rings (SSSR count). The number of rotatable bonds is 8. The normalized spacial score (nSPS) is 16.0. The Morgan fingerprint density at radius 1 is 1.02 bits per heavy atom. The molecule has 1 atom stereocenters. The van der Waals surface area contributed by atoms with E-state index in [-0.39, 0.29) is 17.7 Å². The third kappa shape index (κ3) is 9.55. The molecule has 47 heavy (non-hydrogen) atoms. The SMILES string of the molecule is COc1ccc(CN(c2nccs2)S(=O)(=O)c2cc3c(cc2F)[C@H](N2CCCCC2)CCO3)c(OC)c1.FC(F)F.c1ccncc1. The molecule has 1 fully saturated rings. The number of piperidine rings is 1. The number of alkyl halides is 3. The number of benzene rings is 2. The van der Waals surface area contributed by atoms with Crippen molar-refractivity contribution in [2.45, 2.75) is 49.8 Å². The van der Waals surface area contributed by atoms with Crippen LogP contribution in [0.3, 0.4) is 0 Å². The third-order valence-corrected chi connectivity index (χ3v) is 10.1. The van der Waals surface area contributed by atoms with Gasteiger partial charge in [0.15, 0.2) is 5.13 Å². The molecule has 0 N–H and O–H groups in total. The van der Waals surface area contributed by atoms with Crippen LogP contribution in [-0.4, -0.2) is 63.9 Å². The number of pyridine rings is 1. The predicted molar refractivity (Wildman–Crippen MR) is 171 cm³/mol. The molecule has 2 aromatic carbocycles. The summed E-state index contributed by atoms with van der Waals surface area (Å²) in [4.78, 5) is 9.93. The maximum atomic E-state index is 15.7. The molecule has 9 nitrogen and oxygen atoms in total. The Morgan fingerprint density at radius 3 is 2.32 bits per heavy atom. The lowest BCUT2D eigenvalue weighted by Gasteiger charge is -2.38. The summed E-state index contributed by atoms with van der Waals surface area (Å²) in [5, 5.41) is 1.90. The number of hydrogen-bond acceptors (Lipinski definition) is 9. The molecule has 4 aromatic rings. The molecule has 15 heteroatoms. The van der Waals surface area contributed by atoms with Crippen molar-refractivity contribution in [2.24, 2.45) is 0 Å². The summed E-state index contributed by atoms with van der Waals surface area (Å²) in [7, 11) is -1.30. The number of hydrogen-bond donors (Lipinski definition) is 0. The van der Waals surface area contributed by atoms with E-state index < -0.39 is 27.4 Å². The number of methoxy groups -OCH3 is 2. The molecule has 0 aliphatic carbocycles. The Balaban J connectivity index is 0.000000432. The molecule has 0 unspecified atom stereocenters. The molecule has 1 saturated heterocycles. The Kier molecular flexibility index (Phi) is 13.2. The van der Waals surface area contributed by atoms with Gasteiger partial charge in [-0.3, -0.25) is 9.88 Å². The molecular formula is C32H36F4N4O5S2. The second-order valence-electron chi connectivity index (χ2n) is 10.3. The van der Waals surface area contributed by atoms with Gasteiger partial charge in [-0.1, -0.05) is 12.5 Å². The van der Waals surface area contributed by atoms with Crippen molar-refractivity contribution in [3.63, 3.8) is 0 Å². The number of nitrogens with zero attached hydrogens (tertiary/aromatic N) is 4. The highest BCUT2D eigenvalue weighted by Gasteiger charge is 2.35. The first-order chi connectivity index (χ1) is 22.6. The van der Waals surface area contributed by atoms with Crippen molar-refractivity contribution in [3.05, 3.63) is 89.4 Å². The summed E-state index contributed by atoms with van der Waals surface area (Å²) < 4.78 is 90.3. The van der Waals surface area contributed by atoms with Gasteiger partial charge in [-0.15, -0.1) is 11.3 Å². The van der Waals surface area contributed by atoms with E-state index in [1.807, 2.05) is 18.2 Å². The van der Waals surface area contributed by atoms with E-state index >= 15 is 4.39 Å². The average molecular weight is 697 g/mol. The van der Waals surface area contributed by atoms with Crippen LogP contribution in [0, 0.1) is 5.82 Å². The van der Waals surface area contributed by atoms with Gasteiger partial charge in [0.1, 0.15) is 28.0 Å². The number of aromatic nitrogens is 2. The van der Waals surface area contributed by atoms with E-state index in [9.17, 15) is 21.6 Å². The minimum absolute atomic E-state index is 0.0222. The number of sulfonamides is 1. The molecule has 254 valence electrons. The average Bonchev–Trinajstić information content (AvgIpc) is 3.62. The highest BCUT2D eigenvalue weighted by atomic mass is 32.2. The molecule has 0 spiro atoms. The molecule has 0 radical (unpaired) electrons. The molecule has 4 heterocycles. The summed E-state index contributed by atoms with van der Waals surface area (Å²) in [5.41, 5.74) is 1.30. The number of fused-ring (bicyclic) bond motifs is 1. The predicted octanol–water partition coefficient (Wildman–Crippen LogP) is 7.26. The van der Waals surface area contributed by atoms with Crippen LogP contribution in [0.1, 0.15) is 42.9 Å². The maximum Gasteiger partial charge on any atom is 0.379 e. The molecule has 2 aliphatic heterocycles. The van der Waals surface area contributed by atoms with E-state index in [2.05, 4.69) is 14.9 Å². The summed E-state index contributed by atoms with van der Waals surface area (Å²) in [6, 6.07) is 13.5. The monoisotopic (exact) mass is 696 g/mol. The lowest BCUT2D eigenvalue weighted by atomic mass is 9.96. The minimum atomic E-state index is -4.34. The number of ether oxygens (including phenoxy) is 3. The quantitative estimate of drug-likeness (QED) is 0.178. The largest absolute Gasteiger partial charge is 0.497 e. The van der Waals surface area contributed by atoms with E-state index in [1.54, 1.807) is 36.0 Å². The number of likely N-dealkylation sites (tertiary alicyclic amines) is 1. The van der Waals surface area contributed by atoms with Gasteiger partial charge in [-0.25, -0.2) is 22.1 Å². The Bertz CT molecular complexity index is 1620. The van der Waals surface area contributed by atoms with Crippen LogP contribution in [0.25, 0.3) is 0 Å². The van der Waals surface area contributed by atoms with Gasteiger partial charge in [0, 0.05) is 59.7 Å². The van der Waals surface area contributed by atoms with E-state index in [0.29, 0.717) is 35.0 Å². The van der Waals surface area contributed by atoms with Crippen molar-refractivity contribution in [2.75, 3.05) is 38.2 Å². The first-order valence-electron chi connectivity index (χ1n) is 14.8. The lowest BCUT2D eigenvalue weighted by molar-refractivity contribution is 0.00818. The molecule has 0 bridgehead atoms. The van der Waals surface area contributed by atoms with Crippen molar-refractivity contribution in [1.82, 2.24) is 14.9 Å². The second kappa shape index (κ2) is 17.3. The fraction of sp³-hybridized carbons (Fsp3) is 0.375. The molecule has 2 aromatic heterocycles. The Labute approximate surface area is 275 Å². The molecule has 0 amide bonds. The minimum Gasteiger partial charge on any atom is -0.497 e. The Hall–Kier alpha value is -3.95. The summed E-state index contributed by atoms with van der Waals surface area (Å²) in [5.74, 6) is 0.651. The van der Waals surface area contributed by atoms with Crippen molar-refractivity contribution < 1.29 is 40.2 Å². The molecular weight excluding hydrogens is 661 g/mol. The zero-order valence-electron chi connectivity index (χ0n) is 25.9. The first kappa shape index (κ1) is 35.9. The van der Waals surface area contributed by atoms with Crippen molar-refractivity contribution in [3.8, 4) is 17.2 Å². The van der Waals surface area contributed by atoms with Crippen molar-refractivity contribution in [1.29, 1.82) is 0 Å². The number of halogens is 4. The van der Waals surface area contributed by atoms with Crippen LogP contribution in [0.4, 0.5) is 22.7 Å². The highest BCUT2D eigenvalue weighted by molar-refractivity contribution is 7.93. The molecule has 2 aliphatic rings. The Morgan fingerprint density at radius 2 is 1.74 bits per heavy atom. The smallest absolute Gasteiger partial charge is 0.379 e. The zero-order valence-corrected chi connectivity index (χ0v) is 27.5. The van der Waals surface area contributed by atoms with E-state index in [1.165, 1.54) is 39.0 Å². The highest BCUT2D eigenvalue weighted by Crippen LogP contribution is 2.41. The summed E-state index contributed by atoms with van der Waals surface area (Å²) in [6.45, 7) is -1.41. The third-order valence-electron chi connectivity index (χ3n) is 7.48. The molecule has 0 saturated carbocycles. The van der Waals surface area contributed by atoms with Gasteiger partial charge in [0.05, 0.1) is 27.4 Å². The summed E-state index contributed by atoms with van der Waals surface area (Å²) in [6.07, 6.45) is 9.19. The fourth-order valence-corrected chi connectivity index (χ4v) is 7.67. The lowest BCUT2D eigenvalue weighted by Crippen LogP contribution is -2.36. The topological polar surface area (TPSA) is 94.1 Å².